The van der Waals surface area contributed by atoms with Crippen molar-refractivity contribution in [3.8, 4) is 0 Å². The normalized spacial score (nSPS) is 11.8. The van der Waals surface area contributed by atoms with Gasteiger partial charge in [0, 0.05) is 6.54 Å². The number of nitrogens with one attached hydrogen (secondary N) is 2. The summed E-state index contributed by atoms with van der Waals surface area (Å²) in [4.78, 5) is 6.54. The van der Waals surface area contributed by atoms with Gasteiger partial charge in [0.25, 0.3) is 10.0 Å². The van der Waals surface area contributed by atoms with Crippen molar-refractivity contribution >= 4 is 21.4 Å². The highest BCUT2D eigenvalue weighted by molar-refractivity contribution is 7.89. The Hall–Kier alpha value is -1.18. The van der Waals surface area contributed by atoms with Crippen LogP contribution in [0.1, 0.15) is 11.4 Å². The predicted molar refractivity (Wildman–Crippen MR) is 61.7 cm³/mol. The van der Waals surface area contributed by atoms with Gasteiger partial charge in [-0.2, -0.15) is 11.3 Å². The number of sulfonamides is 1. The van der Waals surface area contributed by atoms with Crippen molar-refractivity contribution in [3.63, 3.8) is 0 Å². The first kappa shape index (κ1) is 11.3. The molecule has 7 heteroatoms. The van der Waals surface area contributed by atoms with Gasteiger partial charge in [0.05, 0.1) is 6.20 Å². The molecule has 0 aliphatic carbocycles. The zero-order valence-corrected chi connectivity index (χ0v) is 10.2. The topological polar surface area (TPSA) is 74.8 Å². The van der Waals surface area contributed by atoms with Crippen LogP contribution in [0.3, 0.4) is 0 Å². The molecule has 0 fully saturated rings. The van der Waals surface area contributed by atoms with E-state index in [1.807, 2.05) is 16.8 Å². The zero-order valence-electron chi connectivity index (χ0n) is 8.60. The molecule has 5 nitrogen and oxygen atoms in total. The number of H-pyrrole nitrogens is 1. The largest absolute Gasteiger partial charge is 0.332 e. The van der Waals surface area contributed by atoms with Gasteiger partial charge in [-0.15, -0.1) is 0 Å². The minimum Gasteiger partial charge on any atom is -0.332 e. The zero-order chi connectivity index (χ0) is 11.6. The monoisotopic (exact) mass is 257 g/mol. The van der Waals surface area contributed by atoms with Crippen molar-refractivity contribution in [2.45, 2.75) is 18.5 Å². The van der Waals surface area contributed by atoms with Gasteiger partial charge in [0.2, 0.25) is 0 Å². The minimum absolute atomic E-state index is 0.0974. The van der Waals surface area contributed by atoms with E-state index in [1.165, 1.54) is 17.5 Å². The summed E-state index contributed by atoms with van der Waals surface area (Å²) in [5, 5.41) is 3.91. The Labute approximate surface area is 97.6 Å². The van der Waals surface area contributed by atoms with Gasteiger partial charge in [0.15, 0.2) is 5.03 Å². The summed E-state index contributed by atoms with van der Waals surface area (Å²) >= 11 is 1.54. The molecule has 2 heterocycles. The Kier molecular flexibility index (Phi) is 3.08. The minimum atomic E-state index is -3.48. The van der Waals surface area contributed by atoms with E-state index in [9.17, 15) is 8.42 Å². The summed E-state index contributed by atoms with van der Waals surface area (Å²) in [6, 6.07) is 1.88. The maximum Gasteiger partial charge on any atom is 0.257 e. The van der Waals surface area contributed by atoms with Gasteiger partial charge in [-0.05, 0) is 29.3 Å². The Balaban J connectivity index is 2.09. The molecule has 0 radical (unpaired) electrons. The average molecular weight is 257 g/mol. The van der Waals surface area contributed by atoms with E-state index < -0.39 is 10.0 Å². The van der Waals surface area contributed by atoms with Crippen LogP contribution in [0.15, 0.2) is 28.0 Å². The molecule has 2 rings (SSSR count). The fourth-order valence-corrected chi connectivity index (χ4v) is 2.84. The molecule has 0 aliphatic rings. The van der Waals surface area contributed by atoms with Crippen molar-refractivity contribution < 1.29 is 8.42 Å². The quantitative estimate of drug-likeness (QED) is 0.865. The van der Waals surface area contributed by atoms with Crippen molar-refractivity contribution in [1.29, 1.82) is 0 Å². The maximum atomic E-state index is 11.8. The van der Waals surface area contributed by atoms with Crippen molar-refractivity contribution in [2.24, 2.45) is 0 Å². The molecule has 2 aromatic heterocycles. The number of rotatable bonds is 4. The van der Waals surface area contributed by atoms with E-state index in [0.29, 0.717) is 12.4 Å². The van der Waals surface area contributed by atoms with Crippen molar-refractivity contribution in [2.75, 3.05) is 0 Å². The van der Waals surface area contributed by atoms with E-state index in [0.717, 1.165) is 5.56 Å². The fourth-order valence-electron chi connectivity index (χ4n) is 1.18. The summed E-state index contributed by atoms with van der Waals surface area (Å²) < 4.78 is 26.0. The molecule has 0 saturated heterocycles. The van der Waals surface area contributed by atoms with E-state index in [1.54, 1.807) is 6.92 Å². The van der Waals surface area contributed by atoms with Crippen LogP contribution in [0.5, 0.6) is 0 Å². The van der Waals surface area contributed by atoms with E-state index >= 15 is 0 Å². The molecule has 0 aromatic carbocycles. The summed E-state index contributed by atoms with van der Waals surface area (Å²) in [5.74, 6) is 0.580. The van der Waals surface area contributed by atoms with Gasteiger partial charge >= 0.3 is 0 Å². The molecule has 0 unspecified atom stereocenters. The highest BCUT2D eigenvalue weighted by Gasteiger charge is 2.15. The molecule has 86 valence electrons. The molecule has 0 spiro atoms. The first-order chi connectivity index (χ1) is 7.58. The molecule has 2 aromatic rings. The lowest BCUT2D eigenvalue weighted by atomic mass is 10.4. The van der Waals surface area contributed by atoms with Crippen LogP contribution >= 0.6 is 11.3 Å². The molecule has 0 bridgehead atoms. The van der Waals surface area contributed by atoms with Gasteiger partial charge in [-0.1, -0.05) is 0 Å². The van der Waals surface area contributed by atoms with Crippen molar-refractivity contribution in [3.05, 3.63) is 34.4 Å². The SMILES string of the molecule is Cc1ncc(S(=O)(=O)NCc2ccsc2)[nH]1. The summed E-state index contributed by atoms with van der Waals surface area (Å²) in [6.07, 6.45) is 1.31. The smallest absolute Gasteiger partial charge is 0.257 e. The lowest BCUT2D eigenvalue weighted by Gasteiger charge is -2.02. The molecule has 0 amide bonds. The number of imidazole rings is 1. The lowest BCUT2D eigenvalue weighted by molar-refractivity contribution is 0.578. The lowest BCUT2D eigenvalue weighted by Crippen LogP contribution is -2.23. The standard InChI is InChI=1S/C9H11N3O2S2/c1-7-10-5-9(12-7)16(13,14)11-4-8-2-3-15-6-8/h2-3,5-6,11H,4H2,1H3,(H,10,12). The number of hydrogen-bond donors (Lipinski definition) is 2. The average Bonchev–Trinajstić information content (AvgIpc) is 2.85. The van der Waals surface area contributed by atoms with E-state index in [2.05, 4.69) is 14.7 Å². The van der Waals surface area contributed by atoms with Crippen LogP contribution in [0, 0.1) is 6.92 Å². The molecular formula is C9H11N3O2S2. The second-order valence-corrected chi connectivity index (χ2v) is 5.80. The van der Waals surface area contributed by atoms with Gasteiger partial charge in [-0.25, -0.2) is 18.1 Å². The van der Waals surface area contributed by atoms with E-state index in [-0.39, 0.29) is 5.03 Å². The Morgan fingerprint density at radius 2 is 2.38 bits per heavy atom. The fraction of sp³-hybridized carbons (Fsp3) is 0.222. The van der Waals surface area contributed by atoms with Crippen LogP contribution < -0.4 is 4.72 Å². The number of thiophene rings is 1. The molecule has 2 N–H and O–H groups in total. The predicted octanol–water partition coefficient (Wildman–Crippen LogP) is 1.26. The Bertz CT molecular complexity index is 557. The second-order valence-electron chi connectivity index (χ2n) is 3.29. The van der Waals surface area contributed by atoms with Crippen LogP contribution in [-0.4, -0.2) is 18.4 Å². The van der Waals surface area contributed by atoms with Crippen LogP contribution in [-0.2, 0) is 16.6 Å². The third-order valence-electron chi connectivity index (χ3n) is 2.02. The second kappa shape index (κ2) is 4.36. The third kappa shape index (κ3) is 2.49. The first-order valence-electron chi connectivity index (χ1n) is 4.60. The Morgan fingerprint density at radius 1 is 1.56 bits per heavy atom. The number of aryl methyl sites for hydroxylation is 1. The third-order valence-corrected chi connectivity index (χ3v) is 4.06. The number of hydrogen-bond acceptors (Lipinski definition) is 4. The van der Waals surface area contributed by atoms with Crippen LogP contribution in [0.25, 0.3) is 0 Å². The molecule has 16 heavy (non-hydrogen) atoms. The molecule has 0 aliphatic heterocycles. The van der Waals surface area contributed by atoms with Gasteiger partial charge < -0.3 is 4.98 Å². The van der Waals surface area contributed by atoms with Crippen LogP contribution in [0.2, 0.25) is 0 Å². The summed E-state index contributed by atoms with van der Waals surface area (Å²) in [5.41, 5.74) is 0.949. The van der Waals surface area contributed by atoms with Gasteiger partial charge in [0.1, 0.15) is 5.82 Å². The van der Waals surface area contributed by atoms with Crippen molar-refractivity contribution in [1.82, 2.24) is 14.7 Å². The molecular weight excluding hydrogens is 246 g/mol. The van der Waals surface area contributed by atoms with Crippen LogP contribution in [0.4, 0.5) is 0 Å². The summed E-state index contributed by atoms with van der Waals surface area (Å²) in [6.45, 7) is 2.00. The highest BCUT2D eigenvalue weighted by Crippen LogP contribution is 2.09. The van der Waals surface area contributed by atoms with E-state index in [4.69, 9.17) is 0 Å². The molecule has 0 atom stereocenters. The number of nitrogens with zero attached hydrogens (tertiary/aromatic N) is 1. The molecule has 0 saturated carbocycles. The number of aromatic nitrogens is 2. The van der Waals surface area contributed by atoms with Gasteiger partial charge in [-0.3, -0.25) is 0 Å². The Morgan fingerprint density at radius 3 is 2.94 bits per heavy atom. The highest BCUT2D eigenvalue weighted by atomic mass is 32.2. The number of aromatic amines is 1. The first-order valence-corrected chi connectivity index (χ1v) is 7.03. The summed E-state index contributed by atoms with van der Waals surface area (Å²) in [7, 11) is -3.48. The maximum absolute atomic E-state index is 11.8.